The number of halogens is 1. The third kappa shape index (κ3) is 5.14. The number of benzene rings is 2. The predicted octanol–water partition coefficient (Wildman–Crippen LogP) is 4.14. The zero-order chi connectivity index (χ0) is 21.8. The van der Waals surface area contributed by atoms with Crippen LogP contribution in [0.2, 0.25) is 5.02 Å². The number of ether oxygens (including phenoxy) is 1. The summed E-state index contributed by atoms with van der Waals surface area (Å²) < 4.78 is 5.65. The van der Waals surface area contributed by atoms with Crippen molar-refractivity contribution in [3.8, 4) is 17.0 Å². The molecule has 0 unspecified atom stereocenters. The number of amides is 1. The highest BCUT2D eigenvalue weighted by Gasteiger charge is 2.22. The summed E-state index contributed by atoms with van der Waals surface area (Å²) in [6, 6.07) is 17.7. The minimum absolute atomic E-state index is 0.0196. The molecule has 31 heavy (non-hydrogen) atoms. The monoisotopic (exact) mass is 436 g/mol. The molecule has 2 aromatic carbocycles. The molecule has 3 aromatic rings. The molecule has 1 aliphatic rings. The van der Waals surface area contributed by atoms with Gasteiger partial charge in [0, 0.05) is 31.7 Å². The van der Waals surface area contributed by atoms with Crippen molar-refractivity contribution in [2.75, 3.05) is 37.7 Å². The van der Waals surface area contributed by atoms with E-state index in [4.69, 9.17) is 16.3 Å². The second-order valence-electron chi connectivity index (χ2n) is 7.73. The van der Waals surface area contributed by atoms with E-state index < -0.39 is 0 Å². The molecule has 0 spiro atoms. The molecule has 0 saturated carbocycles. The Bertz CT molecular complexity index is 1050. The molecular formula is C24H25ClN4O2. The minimum atomic E-state index is -0.0435. The molecule has 1 saturated heterocycles. The molecule has 2 heterocycles. The maximum atomic E-state index is 12.5. The number of carbonyl (C=O) groups is 1. The van der Waals surface area contributed by atoms with Gasteiger partial charge in [0.1, 0.15) is 5.75 Å². The third-order valence-corrected chi connectivity index (χ3v) is 5.70. The van der Waals surface area contributed by atoms with Gasteiger partial charge in [0.05, 0.1) is 10.7 Å². The minimum Gasteiger partial charge on any atom is -0.482 e. The van der Waals surface area contributed by atoms with Gasteiger partial charge < -0.3 is 14.5 Å². The summed E-state index contributed by atoms with van der Waals surface area (Å²) >= 11 is 6.14. The lowest BCUT2D eigenvalue weighted by atomic mass is 10.1. The number of carbonyl (C=O) groups excluding carboxylic acids is 1. The van der Waals surface area contributed by atoms with E-state index in [0.29, 0.717) is 37.0 Å². The van der Waals surface area contributed by atoms with Crippen LogP contribution in [0.3, 0.4) is 0 Å². The van der Waals surface area contributed by atoms with E-state index in [1.807, 2.05) is 36.1 Å². The van der Waals surface area contributed by atoms with E-state index in [1.54, 1.807) is 6.07 Å². The number of anilines is 1. The van der Waals surface area contributed by atoms with Crippen molar-refractivity contribution in [1.29, 1.82) is 0 Å². The molecule has 7 heteroatoms. The van der Waals surface area contributed by atoms with Crippen LogP contribution in [-0.2, 0) is 4.79 Å². The van der Waals surface area contributed by atoms with Gasteiger partial charge in [-0.2, -0.15) is 0 Å². The molecule has 0 radical (unpaired) electrons. The number of hydrogen-bond donors (Lipinski definition) is 0. The average Bonchev–Trinajstić information content (AvgIpc) is 2.80. The molecule has 0 aliphatic carbocycles. The lowest BCUT2D eigenvalue weighted by Gasteiger charge is -2.35. The summed E-state index contributed by atoms with van der Waals surface area (Å²) in [5, 5.41) is 9.29. The molecule has 6 nitrogen and oxygen atoms in total. The lowest BCUT2D eigenvalue weighted by Crippen LogP contribution is -2.50. The van der Waals surface area contributed by atoms with Gasteiger partial charge >= 0.3 is 0 Å². The molecule has 0 atom stereocenters. The number of nitrogens with zero attached hydrogens (tertiary/aromatic N) is 4. The van der Waals surface area contributed by atoms with Gasteiger partial charge in [0.25, 0.3) is 5.91 Å². The summed E-state index contributed by atoms with van der Waals surface area (Å²) in [6.07, 6.45) is 0. The van der Waals surface area contributed by atoms with Gasteiger partial charge in [0.15, 0.2) is 12.4 Å². The van der Waals surface area contributed by atoms with Gasteiger partial charge in [-0.3, -0.25) is 4.79 Å². The van der Waals surface area contributed by atoms with E-state index in [0.717, 1.165) is 22.6 Å². The van der Waals surface area contributed by atoms with Crippen LogP contribution in [0.4, 0.5) is 5.82 Å². The smallest absolute Gasteiger partial charge is 0.260 e. The summed E-state index contributed by atoms with van der Waals surface area (Å²) in [5.41, 5.74) is 4.15. The maximum absolute atomic E-state index is 12.5. The molecular weight excluding hydrogens is 412 g/mol. The molecule has 4 rings (SSSR count). The Morgan fingerprint density at radius 2 is 1.65 bits per heavy atom. The Morgan fingerprint density at radius 3 is 2.32 bits per heavy atom. The molecule has 0 bridgehead atoms. The topological polar surface area (TPSA) is 58.6 Å². The summed E-state index contributed by atoms with van der Waals surface area (Å²) in [7, 11) is 0. The van der Waals surface area contributed by atoms with E-state index in [2.05, 4.69) is 46.3 Å². The fraction of sp³-hybridized carbons (Fsp3) is 0.292. The van der Waals surface area contributed by atoms with Crippen LogP contribution in [0.15, 0.2) is 54.6 Å². The first-order valence-corrected chi connectivity index (χ1v) is 10.7. The Labute approximate surface area is 187 Å². The van der Waals surface area contributed by atoms with Gasteiger partial charge in [-0.15, -0.1) is 10.2 Å². The number of aryl methyl sites for hydroxylation is 2. The molecule has 0 N–H and O–H groups in total. The fourth-order valence-electron chi connectivity index (χ4n) is 3.51. The van der Waals surface area contributed by atoms with E-state index in [-0.39, 0.29) is 12.5 Å². The first-order valence-electron chi connectivity index (χ1n) is 10.3. The van der Waals surface area contributed by atoms with Gasteiger partial charge in [0.2, 0.25) is 0 Å². The van der Waals surface area contributed by atoms with E-state index in [9.17, 15) is 4.79 Å². The second-order valence-corrected chi connectivity index (χ2v) is 8.14. The summed E-state index contributed by atoms with van der Waals surface area (Å²) in [4.78, 5) is 16.5. The Morgan fingerprint density at radius 1 is 0.935 bits per heavy atom. The lowest BCUT2D eigenvalue weighted by molar-refractivity contribution is -0.133. The quantitative estimate of drug-likeness (QED) is 0.601. The zero-order valence-corrected chi connectivity index (χ0v) is 18.5. The van der Waals surface area contributed by atoms with E-state index in [1.165, 1.54) is 5.56 Å². The Kier molecular flexibility index (Phi) is 6.37. The number of aromatic nitrogens is 2. The molecule has 1 fully saturated rings. The first kappa shape index (κ1) is 21.1. The van der Waals surface area contributed by atoms with E-state index >= 15 is 0 Å². The maximum Gasteiger partial charge on any atom is 0.260 e. The highest BCUT2D eigenvalue weighted by Crippen LogP contribution is 2.25. The standard InChI is InChI=1S/C24H25ClN4O2/c1-17-3-6-19(7-4-17)21-9-10-23(27-26-21)28-11-13-29(14-12-28)24(30)16-31-22-15-18(2)5-8-20(22)25/h3-10,15H,11-14,16H2,1-2H3. The molecule has 1 aromatic heterocycles. The van der Waals surface area contributed by atoms with Crippen molar-refractivity contribution in [2.24, 2.45) is 0 Å². The first-order chi connectivity index (χ1) is 15.0. The number of piperazine rings is 1. The molecule has 1 aliphatic heterocycles. The van der Waals surface area contributed by atoms with Crippen LogP contribution in [0.5, 0.6) is 5.75 Å². The molecule has 160 valence electrons. The van der Waals surface area contributed by atoms with Crippen molar-refractivity contribution in [3.63, 3.8) is 0 Å². The average molecular weight is 437 g/mol. The van der Waals surface area contributed by atoms with Crippen molar-refractivity contribution >= 4 is 23.3 Å². The van der Waals surface area contributed by atoms with Gasteiger partial charge in [-0.1, -0.05) is 47.5 Å². The van der Waals surface area contributed by atoms with Crippen molar-refractivity contribution in [3.05, 3.63) is 70.7 Å². The van der Waals surface area contributed by atoms with Crippen LogP contribution in [0.25, 0.3) is 11.3 Å². The Hall–Kier alpha value is -3.12. The van der Waals surface area contributed by atoms with Crippen LogP contribution in [0, 0.1) is 13.8 Å². The predicted molar refractivity (Wildman–Crippen MR) is 123 cm³/mol. The summed E-state index contributed by atoms with van der Waals surface area (Å²) in [6.45, 7) is 6.64. The molecule has 1 amide bonds. The second kappa shape index (κ2) is 9.35. The highest BCUT2D eigenvalue weighted by atomic mass is 35.5. The number of rotatable bonds is 5. The van der Waals surface area contributed by atoms with Gasteiger partial charge in [-0.25, -0.2) is 0 Å². The van der Waals surface area contributed by atoms with Crippen LogP contribution in [-0.4, -0.2) is 53.8 Å². The SMILES string of the molecule is Cc1ccc(-c2ccc(N3CCN(C(=O)COc4cc(C)ccc4Cl)CC3)nn2)cc1. The van der Waals surface area contributed by atoms with Gasteiger partial charge in [-0.05, 0) is 43.7 Å². The fourth-order valence-corrected chi connectivity index (χ4v) is 3.68. The normalized spacial score (nSPS) is 13.9. The summed E-state index contributed by atoms with van der Waals surface area (Å²) in [5.74, 6) is 1.32. The van der Waals surface area contributed by atoms with Crippen molar-refractivity contribution in [2.45, 2.75) is 13.8 Å². The van der Waals surface area contributed by atoms with Crippen molar-refractivity contribution < 1.29 is 9.53 Å². The highest BCUT2D eigenvalue weighted by molar-refractivity contribution is 6.32. The van der Waals surface area contributed by atoms with Crippen LogP contribution in [0.1, 0.15) is 11.1 Å². The zero-order valence-electron chi connectivity index (χ0n) is 17.7. The Balaban J connectivity index is 1.30. The third-order valence-electron chi connectivity index (χ3n) is 5.39. The van der Waals surface area contributed by atoms with Crippen LogP contribution < -0.4 is 9.64 Å². The number of hydrogen-bond acceptors (Lipinski definition) is 5. The van der Waals surface area contributed by atoms with Crippen molar-refractivity contribution in [1.82, 2.24) is 15.1 Å². The largest absolute Gasteiger partial charge is 0.482 e. The van der Waals surface area contributed by atoms with Crippen LogP contribution >= 0.6 is 11.6 Å².